The Kier molecular flexibility index (Phi) is 7.17. The van der Waals surface area contributed by atoms with Gasteiger partial charge < -0.3 is 9.80 Å². The maximum Gasteiger partial charge on any atom is 0.246 e. The lowest BCUT2D eigenvalue weighted by molar-refractivity contribution is -0.144. The molecule has 2 fully saturated rings. The van der Waals surface area contributed by atoms with E-state index in [1.165, 1.54) is 23.2 Å². The highest BCUT2D eigenvalue weighted by Gasteiger charge is 2.30. The number of nitrogens with zero attached hydrogens (tertiary/aromatic N) is 6. The van der Waals surface area contributed by atoms with Gasteiger partial charge in [0.2, 0.25) is 17.6 Å². The molecule has 32 heavy (non-hydrogen) atoms. The van der Waals surface area contributed by atoms with Crippen LogP contribution in [-0.2, 0) is 16.1 Å². The average Bonchev–Trinajstić information content (AvgIpc) is 3.28. The second-order valence-corrected chi connectivity index (χ2v) is 9.20. The molecule has 1 aromatic heterocycles. The van der Waals surface area contributed by atoms with Crippen molar-refractivity contribution < 1.29 is 9.59 Å². The molecule has 1 aromatic carbocycles. The fourth-order valence-electron chi connectivity index (χ4n) is 4.72. The first-order chi connectivity index (χ1) is 15.5. The number of amides is 2. The summed E-state index contributed by atoms with van der Waals surface area (Å²) in [6.07, 6.45) is 8.59. The Labute approximate surface area is 190 Å². The molecule has 172 valence electrons. The molecular weight excluding hydrogens is 404 g/mol. The summed E-state index contributed by atoms with van der Waals surface area (Å²) in [5, 5.41) is 12.7. The van der Waals surface area contributed by atoms with E-state index >= 15 is 0 Å². The Balaban J connectivity index is 1.46. The van der Waals surface area contributed by atoms with Crippen LogP contribution in [0.15, 0.2) is 18.2 Å². The predicted octanol–water partition coefficient (Wildman–Crippen LogP) is 3.13. The second-order valence-electron chi connectivity index (χ2n) is 9.20. The van der Waals surface area contributed by atoms with Gasteiger partial charge in [0.1, 0.15) is 13.1 Å². The van der Waals surface area contributed by atoms with Gasteiger partial charge >= 0.3 is 0 Å². The normalized spacial score (nSPS) is 17.4. The first kappa shape index (κ1) is 22.4. The van der Waals surface area contributed by atoms with Gasteiger partial charge in [-0.05, 0) is 68.4 Å². The smallest absolute Gasteiger partial charge is 0.246 e. The number of hydrogen-bond donors (Lipinski definition) is 0. The van der Waals surface area contributed by atoms with E-state index in [2.05, 4.69) is 22.3 Å². The molecular formula is C24H34N6O2. The van der Waals surface area contributed by atoms with Crippen LogP contribution >= 0.6 is 0 Å². The number of carbonyl (C=O) groups is 2. The second kappa shape index (κ2) is 10.2. The maximum absolute atomic E-state index is 13.3. The fourth-order valence-corrected chi connectivity index (χ4v) is 4.72. The molecule has 0 N–H and O–H groups in total. The van der Waals surface area contributed by atoms with E-state index in [1.807, 2.05) is 30.0 Å². The number of aryl methyl sites for hydroxylation is 2. The summed E-state index contributed by atoms with van der Waals surface area (Å²) < 4.78 is 0. The molecule has 0 radical (unpaired) electrons. The third-order valence-electron chi connectivity index (χ3n) is 6.84. The highest BCUT2D eigenvalue weighted by Crippen LogP contribution is 2.24. The van der Waals surface area contributed by atoms with E-state index in [0.717, 1.165) is 62.7 Å². The van der Waals surface area contributed by atoms with Crippen LogP contribution in [0.25, 0.3) is 11.4 Å². The van der Waals surface area contributed by atoms with Crippen LogP contribution in [0.2, 0.25) is 0 Å². The first-order valence-electron chi connectivity index (χ1n) is 11.9. The van der Waals surface area contributed by atoms with Crippen molar-refractivity contribution in [1.82, 2.24) is 30.0 Å². The topological polar surface area (TPSA) is 84.2 Å². The van der Waals surface area contributed by atoms with Crippen molar-refractivity contribution in [3.63, 3.8) is 0 Å². The summed E-state index contributed by atoms with van der Waals surface area (Å²) in [5.74, 6) is 0.465. The quantitative estimate of drug-likeness (QED) is 0.692. The highest BCUT2D eigenvalue weighted by molar-refractivity contribution is 5.85. The lowest BCUT2D eigenvalue weighted by Crippen LogP contribution is -2.50. The van der Waals surface area contributed by atoms with E-state index in [-0.39, 0.29) is 30.9 Å². The molecule has 1 saturated heterocycles. The minimum atomic E-state index is -0.105. The lowest BCUT2D eigenvalue weighted by Gasteiger charge is -2.36. The monoisotopic (exact) mass is 438 g/mol. The van der Waals surface area contributed by atoms with E-state index in [1.54, 1.807) is 4.90 Å². The SMILES string of the molecule is Cc1ccc(-c2nnn(CC(=O)N(CC(=O)N3CCCCC3)C3CCCCC3)n2)cc1C. The zero-order valence-corrected chi connectivity index (χ0v) is 19.3. The fraction of sp³-hybridized carbons (Fsp3) is 0.625. The van der Waals surface area contributed by atoms with Crippen LogP contribution in [0.3, 0.4) is 0 Å². The number of piperidine rings is 1. The third-order valence-corrected chi connectivity index (χ3v) is 6.84. The van der Waals surface area contributed by atoms with E-state index in [4.69, 9.17) is 0 Å². The van der Waals surface area contributed by atoms with Gasteiger partial charge in [0.25, 0.3) is 0 Å². The van der Waals surface area contributed by atoms with Crippen molar-refractivity contribution in [3.8, 4) is 11.4 Å². The molecule has 2 amide bonds. The summed E-state index contributed by atoms with van der Waals surface area (Å²) in [6, 6.07) is 6.15. The van der Waals surface area contributed by atoms with Gasteiger partial charge in [-0.25, -0.2) is 0 Å². The predicted molar refractivity (Wildman–Crippen MR) is 122 cm³/mol. The van der Waals surface area contributed by atoms with Gasteiger partial charge in [0.05, 0.1) is 0 Å². The Morgan fingerprint density at radius 2 is 1.72 bits per heavy atom. The largest absolute Gasteiger partial charge is 0.341 e. The Hall–Kier alpha value is -2.77. The van der Waals surface area contributed by atoms with Crippen LogP contribution in [0.4, 0.5) is 0 Å². The molecule has 2 heterocycles. The van der Waals surface area contributed by atoms with Gasteiger partial charge in [-0.2, -0.15) is 4.80 Å². The van der Waals surface area contributed by atoms with Crippen molar-refractivity contribution in [3.05, 3.63) is 29.3 Å². The number of aromatic nitrogens is 4. The number of benzene rings is 1. The number of tetrazole rings is 1. The van der Waals surface area contributed by atoms with Crippen LogP contribution < -0.4 is 0 Å². The molecule has 8 nitrogen and oxygen atoms in total. The van der Waals surface area contributed by atoms with Gasteiger partial charge in [-0.3, -0.25) is 9.59 Å². The molecule has 2 aliphatic rings. The van der Waals surface area contributed by atoms with Gasteiger partial charge in [0.15, 0.2) is 0 Å². The molecule has 0 unspecified atom stereocenters. The van der Waals surface area contributed by atoms with Crippen molar-refractivity contribution in [2.45, 2.75) is 77.8 Å². The maximum atomic E-state index is 13.3. The van der Waals surface area contributed by atoms with Gasteiger partial charge in [-0.15, -0.1) is 10.2 Å². The van der Waals surface area contributed by atoms with E-state index in [9.17, 15) is 9.59 Å². The van der Waals surface area contributed by atoms with Crippen molar-refractivity contribution in [2.75, 3.05) is 19.6 Å². The van der Waals surface area contributed by atoms with Crippen molar-refractivity contribution in [2.24, 2.45) is 0 Å². The van der Waals surface area contributed by atoms with Gasteiger partial charge in [0, 0.05) is 24.7 Å². The summed E-state index contributed by atoms with van der Waals surface area (Å²) in [5.41, 5.74) is 3.25. The lowest BCUT2D eigenvalue weighted by atomic mass is 9.94. The van der Waals surface area contributed by atoms with Crippen LogP contribution in [0.5, 0.6) is 0 Å². The molecule has 0 bridgehead atoms. The Bertz CT molecular complexity index is 944. The van der Waals surface area contributed by atoms with E-state index in [0.29, 0.717) is 5.82 Å². The molecule has 0 spiro atoms. The van der Waals surface area contributed by atoms with Crippen LogP contribution in [0.1, 0.15) is 62.5 Å². The van der Waals surface area contributed by atoms with Crippen LogP contribution in [0, 0.1) is 13.8 Å². The Morgan fingerprint density at radius 3 is 2.44 bits per heavy atom. The molecule has 1 aliphatic carbocycles. The molecule has 0 atom stereocenters. The average molecular weight is 439 g/mol. The zero-order chi connectivity index (χ0) is 22.5. The molecule has 4 rings (SSSR count). The molecule has 1 aliphatic heterocycles. The molecule has 1 saturated carbocycles. The summed E-state index contributed by atoms with van der Waals surface area (Å²) in [7, 11) is 0. The molecule has 8 heteroatoms. The van der Waals surface area contributed by atoms with Crippen molar-refractivity contribution >= 4 is 11.8 Å². The number of carbonyl (C=O) groups excluding carboxylic acids is 2. The number of hydrogen-bond acceptors (Lipinski definition) is 5. The van der Waals surface area contributed by atoms with Crippen molar-refractivity contribution in [1.29, 1.82) is 0 Å². The minimum Gasteiger partial charge on any atom is -0.341 e. The molecule has 2 aromatic rings. The van der Waals surface area contributed by atoms with E-state index < -0.39 is 0 Å². The van der Waals surface area contributed by atoms with Gasteiger partial charge in [-0.1, -0.05) is 31.4 Å². The summed E-state index contributed by atoms with van der Waals surface area (Å²) in [6.45, 7) is 5.87. The number of rotatable bonds is 6. The zero-order valence-electron chi connectivity index (χ0n) is 19.3. The van der Waals surface area contributed by atoms with Crippen LogP contribution in [-0.4, -0.2) is 67.5 Å². The number of likely N-dealkylation sites (tertiary alicyclic amines) is 1. The Morgan fingerprint density at radius 1 is 1.00 bits per heavy atom. The highest BCUT2D eigenvalue weighted by atomic mass is 16.2. The minimum absolute atomic E-state index is 0.00161. The standard InChI is InChI=1S/C24H34N6O2/c1-18-11-12-20(15-19(18)2)24-25-27-30(26-24)17-23(32)29(21-9-5-3-6-10-21)16-22(31)28-13-7-4-8-14-28/h11-12,15,21H,3-10,13-14,16-17H2,1-2H3. The summed E-state index contributed by atoms with van der Waals surface area (Å²) >= 11 is 0. The first-order valence-corrected chi connectivity index (χ1v) is 11.9. The summed E-state index contributed by atoms with van der Waals surface area (Å²) in [4.78, 5) is 31.3. The third kappa shape index (κ3) is 5.34.